The third-order valence-electron chi connectivity index (χ3n) is 6.82. The van der Waals surface area contributed by atoms with E-state index in [1.165, 1.54) is 0 Å². The summed E-state index contributed by atoms with van der Waals surface area (Å²) >= 11 is 38.1. The van der Waals surface area contributed by atoms with Crippen LogP contribution >= 0.6 is 69.6 Å². The molecule has 6 aromatic rings. The Kier molecular flexibility index (Phi) is 16.1. The normalized spacial score (nSPS) is 11.1. The van der Waals surface area contributed by atoms with Crippen LogP contribution in [-0.4, -0.2) is 0 Å². The van der Waals surface area contributed by atoms with Gasteiger partial charge in [-0.05, 0) is 33.4 Å². The van der Waals surface area contributed by atoms with Crippen LogP contribution in [0.5, 0.6) is 0 Å². The second-order valence-electron chi connectivity index (χ2n) is 9.92. The topological polar surface area (TPSA) is 0 Å². The molecule has 0 saturated carbocycles. The van der Waals surface area contributed by atoms with Crippen molar-refractivity contribution in [3.63, 3.8) is 0 Å². The molecule has 0 aliphatic heterocycles. The molecule has 0 unspecified atom stereocenters. The molecular formula is C39H30Cl6Eu. The molecule has 0 aliphatic carbocycles. The molecule has 0 fully saturated rings. The smallest absolute Gasteiger partial charge is 0.0909 e. The van der Waals surface area contributed by atoms with Gasteiger partial charge in [0.2, 0.25) is 0 Å². The Morgan fingerprint density at radius 1 is 0.217 bits per heavy atom. The van der Waals surface area contributed by atoms with Crippen molar-refractivity contribution in [2.24, 2.45) is 0 Å². The van der Waals surface area contributed by atoms with Gasteiger partial charge in [-0.2, -0.15) is 0 Å². The first-order valence-corrected chi connectivity index (χ1v) is 16.4. The van der Waals surface area contributed by atoms with Gasteiger partial charge < -0.3 is 0 Å². The van der Waals surface area contributed by atoms with Crippen molar-refractivity contribution in [1.29, 1.82) is 0 Å². The van der Waals surface area contributed by atoms with E-state index in [1.807, 2.05) is 182 Å². The molecule has 46 heavy (non-hydrogen) atoms. The first kappa shape index (κ1) is 39.1. The van der Waals surface area contributed by atoms with Crippen molar-refractivity contribution < 1.29 is 49.4 Å². The summed E-state index contributed by atoms with van der Waals surface area (Å²) in [5.41, 5.74) is 5.33. The van der Waals surface area contributed by atoms with Gasteiger partial charge in [0.15, 0.2) is 13.0 Å². The van der Waals surface area contributed by atoms with Crippen LogP contribution in [-0.2, 0) is 13.0 Å². The van der Waals surface area contributed by atoms with Crippen LogP contribution in [0.2, 0.25) is 0 Å². The zero-order valence-corrected chi connectivity index (χ0v) is 31.4. The molecular weight excluding hydrogens is 833 g/mol. The average Bonchev–Trinajstić information content (AvgIpc) is 3.11. The fourth-order valence-electron chi connectivity index (χ4n) is 4.38. The summed E-state index contributed by atoms with van der Waals surface area (Å²) in [5, 5.41) is 0. The predicted octanol–water partition coefficient (Wildman–Crippen LogP) is 13.1. The van der Waals surface area contributed by atoms with Crippen LogP contribution in [0.15, 0.2) is 182 Å². The minimum Gasteiger partial charge on any atom is -0.0909 e. The van der Waals surface area contributed by atoms with Crippen molar-refractivity contribution in [3.05, 3.63) is 215 Å². The van der Waals surface area contributed by atoms with Crippen molar-refractivity contribution >= 4 is 69.6 Å². The first-order chi connectivity index (χ1) is 21.6. The number of benzene rings is 6. The molecule has 0 amide bonds. The van der Waals surface area contributed by atoms with Crippen LogP contribution in [0.25, 0.3) is 0 Å². The predicted molar refractivity (Wildman–Crippen MR) is 196 cm³/mol. The average molecular weight is 863 g/mol. The van der Waals surface area contributed by atoms with E-state index in [9.17, 15) is 0 Å². The summed E-state index contributed by atoms with van der Waals surface area (Å²) in [4.78, 5) is 0. The van der Waals surface area contributed by atoms with Gasteiger partial charge in [-0.25, -0.2) is 0 Å². The molecule has 0 aliphatic rings. The molecule has 0 N–H and O–H groups in total. The number of rotatable bonds is 6. The third-order valence-corrected chi connectivity index (χ3v) is 9.44. The van der Waals surface area contributed by atoms with Gasteiger partial charge in [-0.3, -0.25) is 0 Å². The van der Waals surface area contributed by atoms with E-state index in [0.717, 1.165) is 33.4 Å². The van der Waals surface area contributed by atoms with Gasteiger partial charge >= 0.3 is 0 Å². The van der Waals surface area contributed by atoms with Gasteiger partial charge in [0.05, 0.1) is 0 Å². The molecule has 0 saturated heterocycles. The van der Waals surface area contributed by atoms with E-state index >= 15 is 0 Å². The van der Waals surface area contributed by atoms with E-state index in [-0.39, 0.29) is 49.4 Å². The number of halogens is 6. The van der Waals surface area contributed by atoms with Crippen molar-refractivity contribution in [1.82, 2.24) is 0 Å². The Labute approximate surface area is 343 Å². The Balaban J connectivity index is 0.000000186. The van der Waals surface area contributed by atoms with Crippen LogP contribution in [0.1, 0.15) is 33.4 Å². The van der Waals surface area contributed by atoms with Gasteiger partial charge in [-0.1, -0.05) is 252 Å². The SMILES string of the molecule is ClC(Cl)(c1ccccc1)c1ccccc1.ClC(Cl)(c1ccccc1)c1ccccc1.ClC(Cl)(c1ccccc1)c1ccccc1.[Eu]. The van der Waals surface area contributed by atoms with Crippen molar-refractivity contribution in [2.45, 2.75) is 13.0 Å². The molecule has 235 valence electrons. The maximum atomic E-state index is 6.35. The zero-order chi connectivity index (χ0) is 32.2. The largest absolute Gasteiger partial charge is 0.168 e. The molecule has 0 atom stereocenters. The molecule has 0 heterocycles. The Morgan fingerprint density at radius 2 is 0.326 bits per heavy atom. The van der Waals surface area contributed by atoms with Gasteiger partial charge in [0.1, 0.15) is 0 Å². The van der Waals surface area contributed by atoms with Crippen LogP contribution in [0.3, 0.4) is 0 Å². The summed E-state index contributed by atoms with van der Waals surface area (Å²) in [6, 6.07) is 57.9. The Morgan fingerprint density at radius 3 is 0.435 bits per heavy atom. The molecule has 0 aromatic heterocycles. The third kappa shape index (κ3) is 10.8. The molecule has 7 heteroatoms. The summed E-state index contributed by atoms with van der Waals surface area (Å²) in [7, 11) is 0. The fourth-order valence-corrected chi connectivity index (χ4v) is 5.90. The molecule has 6 rings (SSSR count). The number of alkyl halides is 6. The monoisotopic (exact) mass is 861 g/mol. The first-order valence-electron chi connectivity index (χ1n) is 14.1. The quantitative estimate of drug-likeness (QED) is 0.146. The standard InChI is InChI=1S/3C13H10Cl2.Eu/c3*14-13(15,11-7-3-1-4-8-11)12-9-5-2-6-10-12;/h3*1-10H;. The van der Waals surface area contributed by atoms with Crippen LogP contribution < -0.4 is 0 Å². The number of hydrogen-bond donors (Lipinski definition) is 0. The summed E-state index contributed by atoms with van der Waals surface area (Å²) < 4.78 is -2.91. The minimum absolute atomic E-state index is 0. The minimum atomic E-state index is -0.970. The summed E-state index contributed by atoms with van der Waals surface area (Å²) in [6.07, 6.45) is 0. The van der Waals surface area contributed by atoms with Crippen molar-refractivity contribution in [3.8, 4) is 0 Å². The number of hydrogen-bond acceptors (Lipinski definition) is 0. The maximum Gasteiger partial charge on any atom is 0.168 e. The second-order valence-corrected chi connectivity index (χ2v) is 13.9. The van der Waals surface area contributed by atoms with E-state index in [0.29, 0.717) is 0 Å². The second kappa shape index (κ2) is 19.0. The molecule has 1 radical (unpaired) electrons. The van der Waals surface area contributed by atoms with Gasteiger partial charge in [0.25, 0.3) is 0 Å². The zero-order valence-electron chi connectivity index (χ0n) is 24.5. The van der Waals surface area contributed by atoms with E-state index in [1.54, 1.807) is 0 Å². The Bertz CT molecular complexity index is 1350. The Hall–Kier alpha value is -1.36. The summed E-state index contributed by atoms with van der Waals surface area (Å²) in [5.74, 6) is 0. The fraction of sp³-hybridized carbons (Fsp3) is 0.0769. The van der Waals surface area contributed by atoms with Gasteiger partial charge in [0, 0.05) is 49.4 Å². The van der Waals surface area contributed by atoms with Crippen LogP contribution in [0.4, 0.5) is 0 Å². The van der Waals surface area contributed by atoms with E-state index in [2.05, 4.69) is 0 Å². The molecule has 6 aromatic carbocycles. The molecule has 0 nitrogen and oxygen atoms in total. The maximum absolute atomic E-state index is 6.35. The molecule has 0 bridgehead atoms. The summed E-state index contributed by atoms with van der Waals surface area (Å²) in [6.45, 7) is 0. The molecule has 0 spiro atoms. The van der Waals surface area contributed by atoms with Gasteiger partial charge in [-0.15, -0.1) is 0 Å². The van der Waals surface area contributed by atoms with Crippen molar-refractivity contribution in [2.75, 3.05) is 0 Å². The van der Waals surface area contributed by atoms with E-state index in [4.69, 9.17) is 69.6 Å². The van der Waals surface area contributed by atoms with E-state index < -0.39 is 13.0 Å². The van der Waals surface area contributed by atoms with Crippen LogP contribution in [0, 0.1) is 49.4 Å².